The Morgan fingerprint density at radius 1 is 0.833 bits per heavy atom. The molecule has 0 N–H and O–H groups in total. The number of imidazole rings is 1. The van der Waals surface area contributed by atoms with Crippen LogP contribution in [0.5, 0.6) is 6.01 Å². The number of hydrogen-bond acceptors (Lipinski definition) is 4. The van der Waals surface area contributed by atoms with Crippen molar-refractivity contribution in [2.75, 3.05) is 6.61 Å². The molecule has 5 rings (SSSR count). The molecule has 0 fully saturated rings. The van der Waals surface area contributed by atoms with Crippen molar-refractivity contribution in [3.05, 3.63) is 78.4 Å². The third-order valence-electron chi connectivity index (χ3n) is 5.28. The van der Waals surface area contributed by atoms with E-state index in [9.17, 15) is 0 Å². The van der Waals surface area contributed by atoms with Crippen molar-refractivity contribution in [1.29, 1.82) is 0 Å². The smallest absolute Gasteiger partial charge is 0.316 e. The van der Waals surface area contributed by atoms with Crippen LogP contribution >= 0.6 is 0 Å². The highest BCUT2D eigenvalue weighted by Crippen LogP contribution is 2.32. The van der Waals surface area contributed by atoms with Gasteiger partial charge in [0.2, 0.25) is 0 Å². The average Bonchev–Trinajstić information content (AvgIpc) is 3.16. The molecule has 0 saturated carbocycles. The largest absolute Gasteiger partial charge is 0.464 e. The molecule has 3 aromatic heterocycles. The average molecular weight is 394 g/mol. The van der Waals surface area contributed by atoms with Crippen molar-refractivity contribution < 1.29 is 4.74 Å². The second-order valence-electron chi connectivity index (χ2n) is 7.51. The zero-order valence-electron chi connectivity index (χ0n) is 17.3. The molecule has 0 spiro atoms. The van der Waals surface area contributed by atoms with Gasteiger partial charge in [0, 0.05) is 29.7 Å². The summed E-state index contributed by atoms with van der Waals surface area (Å²) in [6.07, 6.45) is 7.57. The number of ether oxygens (including phenoxy) is 1. The van der Waals surface area contributed by atoms with Gasteiger partial charge in [-0.3, -0.25) is 4.40 Å². The van der Waals surface area contributed by atoms with Gasteiger partial charge < -0.3 is 4.74 Å². The Morgan fingerprint density at radius 3 is 2.43 bits per heavy atom. The number of aromatic nitrogens is 4. The highest BCUT2D eigenvalue weighted by atomic mass is 16.5. The standard InChI is InChI=1S/C25H22N4O/c1-4-30-25-27-13-20(14-28-25)18-7-8-29-23(15-26-24(29)12-18)22-11-17(3)10-19-9-16(2)5-6-21(19)22/h5-15H,4H2,1-3H3. The lowest BCUT2D eigenvalue weighted by Crippen LogP contribution is -1.97. The molecule has 0 saturated heterocycles. The number of fused-ring (bicyclic) bond motifs is 2. The third kappa shape index (κ3) is 3.18. The van der Waals surface area contributed by atoms with E-state index in [4.69, 9.17) is 4.74 Å². The molecule has 148 valence electrons. The number of hydrogen-bond donors (Lipinski definition) is 0. The van der Waals surface area contributed by atoms with Gasteiger partial charge in [-0.2, -0.15) is 0 Å². The van der Waals surface area contributed by atoms with Gasteiger partial charge in [0.15, 0.2) is 0 Å². The van der Waals surface area contributed by atoms with Gasteiger partial charge in [-0.25, -0.2) is 15.0 Å². The Labute approximate surface area is 175 Å². The Balaban J connectivity index is 1.60. The molecule has 0 aliphatic rings. The molecule has 0 atom stereocenters. The molecule has 3 heterocycles. The number of nitrogens with zero attached hydrogens (tertiary/aromatic N) is 4. The molecule has 30 heavy (non-hydrogen) atoms. The minimum atomic E-state index is 0.395. The Hall–Kier alpha value is -3.73. The highest BCUT2D eigenvalue weighted by molar-refractivity contribution is 5.97. The zero-order valence-corrected chi connectivity index (χ0v) is 17.3. The fraction of sp³-hybridized carbons (Fsp3) is 0.160. The first-order valence-electron chi connectivity index (χ1n) is 10.1. The van der Waals surface area contributed by atoms with Gasteiger partial charge in [0.25, 0.3) is 0 Å². The van der Waals surface area contributed by atoms with E-state index in [0.29, 0.717) is 12.6 Å². The molecule has 0 unspecified atom stereocenters. The maximum atomic E-state index is 5.33. The summed E-state index contributed by atoms with van der Waals surface area (Å²) in [5.74, 6) is 0. The van der Waals surface area contributed by atoms with Crippen molar-refractivity contribution in [2.24, 2.45) is 0 Å². The molecular formula is C25H22N4O. The molecule has 5 heteroatoms. The fourth-order valence-corrected chi connectivity index (χ4v) is 3.88. The Kier molecular flexibility index (Phi) is 4.43. The molecule has 0 aliphatic carbocycles. The summed E-state index contributed by atoms with van der Waals surface area (Å²) in [5.41, 5.74) is 7.61. The lowest BCUT2D eigenvalue weighted by Gasteiger charge is -2.10. The lowest BCUT2D eigenvalue weighted by atomic mass is 9.98. The fourth-order valence-electron chi connectivity index (χ4n) is 3.88. The van der Waals surface area contributed by atoms with Crippen molar-refractivity contribution in [1.82, 2.24) is 19.4 Å². The number of aryl methyl sites for hydroxylation is 2. The number of benzene rings is 2. The first kappa shape index (κ1) is 18.3. The van der Waals surface area contributed by atoms with Crippen LogP contribution in [0.1, 0.15) is 18.1 Å². The highest BCUT2D eigenvalue weighted by Gasteiger charge is 2.12. The van der Waals surface area contributed by atoms with E-state index >= 15 is 0 Å². The maximum absolute atomic E-state index is 5.33. The molecule has 0 bridgehead atoms. The van der Waals surface area contributed by atoms with Gasteiger partial charge in [0.1, 0.15) is 5.65 Å². The second kappa shape index (κ2) is 7.26. The van der Waals surface area contributed by atoms with E-state index in [1.54, 1.807) is 12.4 Å². The maximum Gasteiger partial charge on any atom is 0.316 e. The Bertz CT molecular complexity index is 1360. The van der Waals surface area contributed by atoms with Crippen molar-refractivity contribution in [3.8, 4) is 28.4 Å². The van der Waals surface area contributed by atoms with Gasteiger partial charge >= 0.3 is 6.01 Å². The lowest BCUT2D eigenvalue weighted by molar-refractivity contribution is 0.312. The Morgan fingerprint density at radius 2 is 1.63 bits per heavy atom. The molecule has 0 amide bonds. The molecule has 2 aromatic carbocycles. The quantitative estimate of drug-likeness (QED) is 0.397. The van der Waals surface area contributed by atoms with Crippen LogP contribution in [0.3, 0.4) is 0 Å². The van der Waals surface area contributed by atoms with Crippen LogP contribution in [0.4, 0.5) is 0 Å². The van der Waals surface area contributed by atoms with E-state index < -0.39 is 0 Å². The molecule has 5 aromatic rings. The summed E-state index contributed by atoms with van der Waals surface area (Å²) in [5, 5.41) is 2.49. The summed E-state index contributed by atoms with van der Waals surface area (Å²) in [6.45, 7) is 6.73. The summed E-state index contributed by atoms with van der Waals surface area (Å²) in [7, 11) is 0. The van der Waals surface area contributed by atoms with Crippen molar-refractivity contribution in [3.63, 3.8) is 0 Å². The van der Waals surface area contributed by atoms with Crippen LogP contribution in [0.2, 0.25) is 0 Å². The molecular weight excluding hydrogens is 372 g/mol. The minimum Gasteiger partial charge on any atom is -0.464 e. The van der Waals surface area contributed by atoms with Crippen LogP contribution in [0.25, 0.3) is 38.8 Å². The van der Waals surface area contributed by atoms with Gasteiger partial charge in [-0.15, -0.1) is 0 Å². The first-order valence-corrected chi connectivity index (χ1v) is 10.1. The topological polar surface area (TPSA) is 52.3 Å². The second-order valence-corrected chi connectivity index (χ2v) is 7.51. The SMILES string of the molecule is CCOc1ncc(-c2ccn3c(-c4cc(C)cc5cc(C)ccc45)cnc3c2)cn1. The van der Waals surface area contributed by atoms with Crippen LogP contribution in [0, 0.1) is 13.8 Å². The summed E-state index contributed by atoms with van der Waals surface area (Å²) >= 11 is 0. The van der Waals surface area contributed by atoms with Crippen LogP contribution in [-0.2, 0) is 0 Å². The summed E-state index contributed by atoms with van der Waals surface area (Å²) in [6, 6.07) is 15.6. The first-order chi connectivity index (χ1) is 14.6. The molecule has 0 aliphatic heterocycles. The third-order valence-corrected chi connectivity index (χ3v) is 5.28. The molecule has 0 radical (unpaired) electrons. The van der Waals surface area contributed by atoms with E-state index in [1.807, 2.05) is 13.1 Å². The van der Waals surface area contributed by atoms with Gasteiger partial charge in [-0.05, 0) is 60.9 Å². The number of rotatable bonds is 4. The van der Waals surface area contributed by atoms with E-state index in [-0.39, 0.29) is 0 Å². The predicted molar refractivity (Wildman–Crippen MR) is 120 cm³/mol. The van der Waals surface area contributed by atoms with Crippen molar-refractivity contribution in [2.45, 2.75) is 20.8 Å². The zero-order chi connectivity index (χ0) is 20.7. The van der Waals surface area contributed by atoms with Gasteiger partial charge in [-0.1, -0.05) is 29.8 Å². The minimum absolute atomic E-state index is 0.395. The molecule has 5 nitrogen and oxygen atoms in total. The summed E-state index contributed by atoms with van der Waals surface area (Å²) < 4.78 is 7.46. The number of pyridine rings is 1. The van der Waals surface area contributed by atoms with E-state index in [2.05, 4.69) is 81.9 Å². The van der Waals surface area contributed by atoms with Crippen LogP contribution in [0.15, 0.2) is 67.3 Å². The van der Waals surface area contributed by atoms with Crippen LogP contribution < -0.4 is 4.74 Å². The normalized spacial score (nSPS) is 11.3. The monoisotopic (exact) mass is 394 g/mol. The van der Waals surface area contributed by atoms with Gasteiger partial charge in [0.05, 0.1) is 18.5 Å². The van der Waals surface area contributed by atoms with E-state index in [0.717, 1.165) is 22.5 Å². The van der Waals surface area contributed by atoms with Crippen molar-refractivity contribution >= 4 is 16.4 Å². The van der Waals surface area contributed by atoms with Crippen LogP contribution in [-0.4, -0.2) is 26.0 Å². The predicted octanol–water partition coefficient (Wildman–Crippen LogP) is 5.63. The van der Waals surface area contributed by atoms with E-state index in [1.165, 1.54) is 27.5 Å². The summed E-state index contributed by atoms with van der Waals surface area (Å²) in [4.78, 5) is 13.2.